The van der Waals surface area contributed by atoms with Gasteiger partial charge in [-0.05, 0) is 0 Å². The molecule has 0 unspecified atom stereocenters. The van der Waals surface area contributed by atoms with E-state index in [2.05, 4.69) is 10.1 Å². The molecule has 0 radical (unpaired) electrons. The van der Waals surface area contributed by atoms with Crippen molar-refractivity contribution in [2.24, 2.45) is 0 Å². The average molecular weight is 249 g/mol. The summed E-state index contributed by atoms with van der Waals surface area (Å²) in [5.74, 6) is -0.0354. The van der Waals surface area contributed by atoms with Gasteiger partial charge in [0.25, 0.3) is 0 Å². The lowest BCUT2D eigenvalue weighted by Crippen LogP contribution is -2.27. The molecule has 1 N–H and O–H groups in total. The van der Waals surface area contributed by atoms with Crippen LogP contribution in [0.2, 0.25) is 0 Å². The molecular formula is C7H14F3NO3S. The standard InChI is InChI=1S/C7H14F3NO3S/c1-15(12,13)5-3-11-2-4-14-6-7(8,9)10/h11H,2-6H2,1H3. The molecule has 0 aromatic carbocycles. The second-order valence-electron chi connectivity index (χ2n) is 3.05. The number of alkyl halides is 3. The van der Waals surface area contributed by atoms with Gasteiger partial charge in [-0.1, -0.05) is 0 Å². The fraction of sp³-hybridized carbons (Fsp3) is 1.00. The molecule has 0 amide bonds. The summed E-state index contributed by atoms with van der Waals surface area (Å²) in [6, 6.07) is 0. The van der Waals surface area contributed by atoms with Crippen molar-refractivity contribution in [3.05, 3.63) is 0 Å². The highest BCUT2D eigenvalue weighted by Crippen LogP contribution is 2.13. The Labute approximate surface area is 86.7 Å². The number of sulfone groups is 1. The van der Waals surface area contributed by atoms with Gasteiger partial charge < -0.3 is 10.1 Å². The zero-order chi connectivity index (χ0) is 11.9. The number of hydrogen-bond acceptors (Lipinski definition) is 4. The lowest BCUT2D eigenvalue weighted by atomic mass is 10.6. The Morgan fingerprint density at radius 3 is 2.33 bits per heavy atom. The van der Waals surface area contributed by atoms with Crippen LogP contribution in [0.25, 0.3) is 0 Å². The van der Waals surface area contributed by atoms with E-state index in [1.54, 1.807) is 0 Å². The number of rotatable bonds is 7. The van der Waals surface area contributed by atoms with E-state index in [4.69, 9.17) is 0 Å². The largest absolute Gasteiger partial charge is 0.411 e. The van der Waals surface area contributed by atoms with Gasteiger partial charge >= 0.3 is 6.18 Å². The van der Waals surface area contributed by atoms with Crippen LogP contribution in [0, 0.1) is 0 Å². The van der Waals surface area contributed by atoms with E-state index in [0.717, 1.165) is 6.26 Å². The quantitative estimate of drug-likeness (QED) is 0.655. The van der Waals surface area contributed by atoms with Crippen LogP contribution in [0.4, 0.5) is 13.2 Å². The molecular weight excluding hydrogens is 235 g/mol. The lowest BCUT2D eigenvalue weighted by molar-refractivity contribution is -0.173. The Hall–Kier alpha value is -0.340. The highest BCUT2D eigenvalue weighted by molar-refractivity contribution is 7.90. The molecule has 8 heteroatoms. The summed E-state index contributed by atoms with van der Waals surface area (Å²) in [7, 11) is -3.02. The van der Waals surface area contributed by atoms with Crippen molar-refractivity contribution in [2.75, 3.05) is 38.3 Å². The maximum atomic E-state index is 11.6. The molecule has 0 aromatic heterocycles. The smallest absolute Gasteiger partial charge is 0.371 e. The fourth-order valence-electron chi connectivity index (χ4n) is 0.715. The van der Waals surface area contributed by atoms with Crippen LogP contribution in [-0.2, 0) is 14.6 Å². The van der Waals surface area contributed by atoms with Crippen molar-refractivity contribution in [1.29, 1.82) is 0 Å². The molecule has 0 heterocycles. The third-order valence-electron chi connectivity index (χ3n) is 1.34. The van der Waals surface area contributed by atoms with E-state index in [1.807, 2.05) is 0 Å². The van der Waals surface area contributed by atoms with Gasteiger partial charge in [0.1, 0.15) is 16.4 Å². The van der Waals surface area contributed by atoms with E-state index in [1.165, 1.54) is 0 Å². The first kappa shape index (κ1) is 14.7. The molecule has 0 aliphatic heterocycles. The Morgan fingerprint density at radius 1 is 1.27 bits per heavy atom. The third kappa shape index (κ3) is 13.7. The van der Waals surface area contributed by atoms with Crippen molar-refractivity contribution >= 4 is 9.84 Å². The molecule has 0 rings (SSSR count). The predicted octanol–water partition coefficient (Wildman–Crippen LogP) is 0.199. The first-order chi connectivity index (χ1) is 6.71. The zero-order valence-electron chi connectivity index (χ0n) is 8.30. The van der Waals surface area contributed by atoms with Crippen LogP contribution >= 0.6 is 0 Å². The van der Waals surface area contributed by atoms with Gasteiger partial charge in [-0.3, -0.25) is 0 Å². The molecule has 92 valence electrons. The van der Waals surface area contributed by atoms with Crippen molar-refractivity contribution in [2.45, 2.75) is 6.18 Å². The van der Waals surface area contributed by atoms with Crippen LogP contribution in [-0.4, -0.2) is 52.9 Å². The Morgan fingerprint density at radius 2 is 1.87 bits per heavy atom. The van der Waals surface area contributed by atoms with E-state index >= 15 is 0 Å². The molecule has 0 bridgehead atoms. The van der Waals surface area contributed by atoms with Crippen molar-refractivity contribution in [3.63, 3.8) is 0 Å². The van der Waals surface area contributed by atoms with E-state index in [9.17, 15) is 21.6 Å². The summed E-state index contributed by atoms with van der Waals surface area (Å²) >= 11 is 0. The van der Waals surface area contributed by atoms with Gasteiger partial charge in [0.2, 0.25) is 0 Å². The number of halogens is 3. The van der Waals surface area contributed by atoms with Crippen LogP contribution in [0.5, 0.6) is 0 Å². The lowest BCUT2D eigenvalue weighted by Gasteiger charge is -2.07. The Balaban J connectivity index is 3.27. The molecule has 4 nitrogen and oxygen atoms in total. The van der Waals surface area contributed by atoms with Gasteiger partial charge in [0.05, 0.1) is 12.4 Å². The minimum atomic E-state index is -4.31. The normalized spacial score (nSPS) is 13.1. The van der Waals surface area contributed by atoms with Gasteiger partial charge in [0.15, 0.2) is 0 Å². The van der Waals surface area contributed by atoms with Gasteiger partial charge in [0, 0.05) is 19.3 Å². The second-order valence-corrected chi connectivity index (χ2v) is 5.31. The van der Waals surface area contributed by atoms with Gasteiger partial charge in [-0.15, -0.1) is 0 Å². The van der Waals surface area contributed by atoms with Crippen molar-refractivity contribution < 1.29 is 26.3 Å². The summed E-state index contributed by atoms with van der Waals surface area (Å²) in [5, 5.41) is 2.66. The molecule has 0 aliphatic rings. The maximum absolute atomic E-state index is 11.6. The highest BCUT2D eigenvalue weighted by Gasteiger charge is 2.27. The maximum Gasteiger partial charge on any atom is 0.411 e. The first-order valence-electron chi connectivity index (χ1n) is 4.24. The SMILES string of the molecule is CS(=O)(=O)CCNCCOCC(F)(F)F. The number of nitrogens with one attached hydrogen (secondary N) is 1. The van der Waals surface area contributed by atoms with E-state index in [0.29, 0.717) is 0 Å². The topological polar surface area (TPSA) is 55.4 Å². The average Bonchev–Trinajstić information content (AvgIpc) is 1.98. The highest BCUT2D eigenvalue weighted by atomic mass is 32.2. The first-order valence-corrected chi connectivity index (χ1v) is 6.30. The molecule has 0 atom stereocenters. The summed E-state index contributed by atoms with van der Waals surface area (Å²) in [6.45, 7) is -0.955. The van der Waals surface area contributed by atoms with E-state index < -0.39 is 22.6 Å². The Bertz CT molecular complexity index is 263. The summed E-state index contributed by atoms with van der Waals surface area (Å²) in [4.78, 5) is 0. The van der Waals surface area contributed by atoms with Crippen LogP contribution in [0.15, 0.2) is 0 Å². The van der Waals surface area contributed by atoms with Gasteiger partial charge in [-0.25, -0.2) is 8.42 Å². The fourth-order valence-corrected chi connectivity index (χ4v) is 1.23. The molecule has 0 fully saturated rings. The molecule has 0 aromatic rings. The van der Waals surface area contributed by atoms with Crippen LogP contribution in [0.3, 0.4) is 0 Å². The number of ether oxygens (including phenoxy) is 1. The van der Waals surface area contributed by atoms with Gasteiger partial charge in [-0.2, -0.15) is 13.2 Å². The second kappa shape index (κ2) is 6.29. The summed E-state index contributed by atoms with van der Waals surface area (Å²) in [5.41, 5.74) is 0. The van der Waals surface area contributed by atoms with E-state index in [-0.39, 0.29) is 25.4 Å². The number of hydrogen-bond donors (Lipinski definition) is 1. The minimum absolute atomic E-state index is 0.0354. The van der Waals surface area contributed by atoms with Crippen molar-refractivity contribution in [3.8, 4) is 0 Å². The molecule has 0 aliphatic carbocycles. The minimum Gasteiger partial charge on any atom is -0.371 e. The Kier molecular flexibility index (Phi) is 6.15. The molecule has 0 spiro atoms. The van der Waals surface area contributed by atoms with Crippen molar-refractivity contribution in [1.82, 2.24) is 5.32 Å². The zero-order valence-corrected chi connectivity index (χ0v) is 9.12. The third-order valence-corrected chi connectivity index (χ3v) is 2.28. The molecule has 0 saturated carbocycles. The summed E-state index contributed by atoms with van der Waals surface area (Å²) < 4.78 is 60.2. The molecule has 0 saturated heterocycles. The predicted molar refractivity (Wildman–Crippen MR) is 49.5 cm³/mol. The molecule has 15 heavy (non-hydrogen) atoms. The van der Waals surface area contributed by atoms with Crippen LogP contribution in [0.1, 0.15) is 0 Å². The summed E-state index contributed by atoms with van der Waals surface area (Å²) in [6.07, 6.45) is -3.22. The van der Waals surface area contributed by atoms with Crippen LogP contribution < -0.4 is 5.32 Å². The monoisotopic (exact) mass is 249 g/mol.